The average molecular weight is 439 g/mol. The summed E-state index contributed by atoms with van der Waals surface area (Å²) in [5.41, 5.74) is 3.50. The van der Waals surface area contributed by atoms with Gasteiger partial charge in [0, 0.05) is 6.42 Å². The van der Waals surface area contributed by atoms with Gasteiger partial charge in [0.2, 0.25) is 0 Å². The number of hydrogen-bond acceptors (Lipinski definition) is 4. The minimum atomic E-state index is -0.638. The van der Waals surface area contributed by atoms with Crippen LogP contribution in [0.5, 0.6) is 11.5 Å². The van der Waals surface area contributed by atoms with Crippen molar-refractivity contribution in [3.05, 3.63) is 59.7 Å². The molecule has 3 aliphatic rings. The van der Waals surface area contributed by atoms with Crippen molar-refractivity contribution in [1.29, 1.82) is 0 Å². The van der Waals surface area contributed by atoms with Crippen molar-refractivity contribution in [2.45, 2.75) is 71.0 Å². The summed E-state index contributed by atoms with van der Waals surface area (Å²) in [5.74, 6) is 2.32. The minimum absolute atomic E-state index is 0.200. The van der Waals surface area contributed by atoms with E-state index in [0.717, 1.165) is 17.6 Å². The Labute approximate surface area is 192 Å². The molecule has 3 saturated carbocycles. The van der Waals surface area contributed by atoms with Crippen LogP contribution in [-0.4, -0.2) is 34.1 Å². The summed E-state index contributed by atoms with van der Waals surface area (Å²) in [6.45, 7) is 9.41. The lowest BCUT2D eigenvalue weighted by Gasteiger charge is -2.44. The Morgan fingerprint density at radius 2 is 2.00 bits per heavy atom. The number of para-hydroxylation sites is 2. The maximum Gasteiger partial charge on any atom is 0.160 e. The average Bonchev–Trinajstić information content (AvgIpc) is 3.12. The van der Waals surface area contributed by atoms with E-state index in [1.165, 1.54) is 31.3 Å². The summed E-state index contributed by atoms with van der Waals surface area (Å²) in [4.78, 5) is 0. The molecule has 174 valence electrons. The first-order valence-corrected chi connectivity index (χ1v) is 12.1. The molecule has 0 heterocycles. The summed E-state index contributed by atoms with van der Waals surface area (Å²) in [6.07, 6.45) is 10.1. The molecule has 0 aromatic heterocycles. The molecule has 3 fully saturated rings. The van der Waals surface area contributed by atoms with Crippen LogP contribution in [0.4, 0.5) is 0 Å². The van der Waals surface area contributed by atoms with Crippen molar-refractivity contribution in [3.63, 3.8) is 0 Å². The van der Waals surface area contributed by atoms with E-state index in [4.69, 9.17) is 4.74 Å². The Kier molecular flexibility index (Phi) is 6.83. The normalized spacial score (nSPS) is 36.3. The number of aliphatic hydroxyl groups excluding tert-OH is 2. The van der Waals surface area contributed by atoms with Crippen LogP contribution in [0, 0.1) is 23.2 Å². The predicted molar refractivity (Wildman–Crippen MR) is 127 cm³/mol. The molecule has 4 heteroatoms. The van der Waals surface area contributed by atoms with E-state index in [-0.39, 0.29) is 11.2 Å². The molecule has 2 unspecified atom stereocenters. The molecule has 0 saturated heterocycles. The smallest absolute Gasteiger partial charge is 0.160 e. The number of rotatable bonds is 5. The van der Waals surface area contributed by atoms with Crippen LogP contribution < -0.4 is 4.74 Å². The molecule has 1 aromatic rings. The van der Waals surface area contributed by atoms with Crippen LogP contribution in [0.2, 0.25) is 0 Å². The molecule has 0 spiro atoms. The number of fused-ring (bicyclic) bond motifs is 1. The molecular formula is C28H38O4. The van der Waals surface area contributed by atoms with Gasteiger partial charge in [0.05, 0.1) is 18.8 Å². The van der Waals surface area contributed by atoms with Crippen molar-refractivity contribution in [2.75, 3.05) is 6.61 Å². The number of phenolic OH excluding ortho intramolecular Hbond substituents is 1. The van der Waals surface area contributed by atoms with Gasteiger partial charge in [-0.1, -0.05) is 50.3 Å². The largest absolute Gasteiger partial charge is 0.504 e. The number of benzene rings is 1. The lowest BCUT2D eigenvalue weighted by Crippen LogP contribution is -2.37. The third-order valence-corrected chi connectivity index (χ3v) is 8.36. The second-order valence-electron chi connectivity index (χ2n) is 10.4. The zero-order valence-corrected chi connectivity index (χ0v) is 19.5. The van der Waals surface area contributed by atoms with Crippen LogP contribution >= 0.6 is 0 Å². The molecular weight excluding hydrogens is 400 g/mol. The molecule has 3 N–H and O–H groups in total. The van der Waals surface area contributed by atoms with Gasteiger partial charge in [0.1, 0.15) is 0 Å². The number of ether oxygens (including phenoxy) is 1. The molecule has 1 aromatic carbocycles. The highest BCUT2D eigenvalue weighted by atomic mass is 16.5. The van der Waals surface area contributed by atoms with Crippen molar-refractivity contribution >= 4 is 0 Å². The number of aliphatic hydroxyl groups is 2. The Hall–Kier alpha value is -2.04. The van der Waals surface area contributed by atoms with Gasteiger partial charge in [-0.2, -0.15) is 0 Å². The summed E-state index contributed by atoms with van der Waals surface area (Å²) in [7, 11) is 0. The van der Waals surface area contributed by atoms with Gasteiger partial charge in [-0.25, -0.2) is 0 Å². The Morgan fingerprint density at radius 3 is 2.78 bits per heavy atom. The van der Waals surface area contributed by atoms with E-state index < -0.39 is 12.2 Å². The summed E-state index contributed by atoms with van der Waals surface area (Å²) in [6, 6.07) is 7.18. The van der Waals surface area contributed by atoms with E-state index in [1.54, 1.807) is 6.07 Å². The lowest BCUT2D eigenvalue weighted by atomic mass is 9.61. The fraction of sp³-hybridized carbons (Fsp3) is 0.571. The molecule has 6 atom stereocenters. The highest BCUT2D eigenvalue weighted by molar-refractivity contribution is 5.39. The fourth-order valence-electron chi connectivity index (χ4n) is 6.60. The maximum absolute atomic E-state index is 10.1. The molecule has 4 nitrogen and oxygen atoms in total. The summed E-state index contributed by atoms with van der Waals surface area (Å²) in [5, 5.41) is 30.2. The van der Waals surface area contributed by atoms with Gasteiger partial charge in [-0.05, 0) is 85.0 Å². The quantitative estimate of drug-likeness (QED) is 0.564. The zero-order valence-electron chi connectivity index (χ0n) is 19.5. The standard InChI is InChI=1S/C28H38O4/c1-18(17-32-27-9-5-4-8-25(27)30)23-12-13-24-20(7-6-14-28(23,24)3)10-11-21-15-22(29)16-26(31)19(21)2/h4-5,8-11,18,22-24,26,29-31H,2,6-7,12-17H2,1,3H3/b20-10+,21-11-/t18-,22+,23?,24?,26-,28+/m0/s1. The second-order valence-corrected chi connectivity index (χ2v) is 10.4. The van der Waals surface area contributed by atoms with Crippen LogP contribution in [0.3, 0.4) is 0 Å². The monoisotopic (exact) mass is 438 g/mol. The third kappa shape index (κ3) is 4.53. The summed E-state index contributed by atoms with van der Waals surface area (Å²) >= 11 is 0. The maximum atomic E-state index is 10.1. The Morgan fingerprint density at radius 1 is 1.22 bits per heavy atom. The molecule has 0 bridgehead atoms. The van der Waals surface area contributed by atoms with Crippen molar-refractivity contribution in [1.82, 2.24) is 0 Å². The first-order chi connectivity index (χ1) is 15.3. The fourth-order valence-corrected chi connectivity index (χ4v) is 6.60. The highest BCUT2D eigenvalue weighted by Crippen LogP contribution is 2.59. The minimum Gasteiger partial charge on any atom is -0.504 e. The second kappa shape index (κ2) is 9.44. The topological polar surface area (TPSA) is 69.9 Å². The van der Waals surface area contributed by atoms with Crippen molar-refractivity contribution in [3.8, 4) is 11.5 Å². The van der Waals surface area contributed by atoms with Gasteiger partial charge in [0.25, 0.3) is 0 Å². The lowest BCUT2D eigenvalue weighted by molar-refractivity contribution is 0.0740. The highest BCUT2D eigenvalue weighted by Gasteiger charge is 2.50. The van der Waals surface area contributed by atoms with Crippen LogP contribution in [0.25, 0.3) is 0 Å². The van der Waals surface area contributed by atoms with Crippen molar-refractivity contribution in [2.24, 2.45) is 23.2 Å². The van der Waals surface area contributed by atoms with E-state index in [9.17, 15) is 15.3 Å². The van der Waals surface area contributed by atoms with Crippen LogP contribution in [0.15, 0.2) is 59.7 Å². The van der Waals surface area contributed by atoms with Gasteiger partial charge in [0.15, 0.2) is 11.5 Å². The predicted octanol–water partition coefficient (Wildman–Crippen LogP) is 5.55. The molecule has 3 aliphatic carbocycles. The van der Waals surface area contributed by atoms with E-state index in [1.807, 2.05) is 18.2 Å². The molecule has 0 radical (unpaired) electrons. The molecule has 32 heavy (non-hydrogen) atoms. The first-order valence-electron chi connectivity index (χ1n) is 12.1. The molecule has 4 rings (SSSR count). The van der Waals surface area contributed by atoms with E-state index >= 15 is 0 Å². The number of hydrogen-bond donors (Lipinski definition) is 3. The van der Waals surface area contributed by atoms with Crippen LogP contribution in [-0.2, 0) is 0 Å². The Bertz CT molecular complexity index is 900. The Balaban J connectivity index is 1.47. The molecule has 0 amide bonds. The number of allylic oxidation sites excluding steroid dienone is 3. The van der Waals surface area contributed by atoms with Crippen molar-refractivity contribution < 1.29 is 20.1 Å². The van der Waals surface area contributed by atoms with E-state index in [2.05, 4.69) is 32.6 Å². The van der Waals surface area contributed by atoms with Gasteiger partial charge < -0.3 is 20.1 Å². The van der Waals surface area contributed by atoms with Gasteiger partial charge in [-0.15, -0.1) is 0 Å². The first kappa shape index (κ1) is 23.1. The van der Waals surface area contributed by atoms with Crippen LogP contribution in [0.1, 0.15) is 58.8 Å². The molecule has 0 aliphatic heterocycles. The van der Waals surface area contributed by atoms with Gasteiger partial charge in [-0.3, -0.25) is 0 Å². The summed E-state index contributed by atoms with van der Waals surface area (Å²) < 4.78 is 5.99. The zero-order chi connectivity index (χ0) is 22.9. The van der Waals surface area contributed by atoms with Gasteiger partial charge >= 0.3 is 0 Å². The number of phenols is 1. The van der Waals surface area contributed by atoms with E-state index in [0.29, 0.717) is 43.0 Å². The third-order valence-electron chi connectivity index (χ3n) is 8.36. The number of aromatic hydroxyl groups is 1. The SMILES string of the molecule is C=C1/C(=C\C=C2/CCC[C@@]3(C)C2CCC3[C@@H](C)COc2ccccc2O)C[C@@H](O)C[C@@H]1O.